The van der Waals surface area contributed by atoms with Crippen LogP contribution in [0.4, 0.5) is 9.18 Å². The van der Waals surface area contributed by atoms with Crippen LogP contribution < -0.4 is 0 Å². The van der Waals surface area contributed by atoms with Gasteiger partial charge in [-0.15, -0.1) is 11.3 Å². The Hall–Kier alpha value is -2.45. The van der Waals surface area contributed by atoms with Gasteiger partial charge < -0.3 is 19.4 Å². The molecular weight excluding hydrogens is 417 g/mol. The SMILES string of the molecule is Cc1ccsc1CN(Cc1ccc(F)cc1)C(=O)CN(CC1CCCO1)C(=O)N(C)C. The molecule has 1 atom stereocenters. The molecule has 2 heterocycles. The van der Waals surface area contributed by atoms with Crippen molar-refractivity contribution in [3.05, 3.63) is 57.5 Å². The molecule has 1 saturated heterocycles. The number of ether oxygens (including phenoxy) is 1. The van der Waals surface area contributed by atoms with Gasteiger partial charge in [0.1, 0.15) is 12.4 Å². The second kappa shape index (κ2) is 10.7. The summed E-state index contributed by atoms with van der Waals surface area (Å²) in [5.41, 5.74) is 1.97. The predicted molar refractivity (Wildman–Crippen MR) is 119 cm³/mol. The Kier molecular flexibility index (Phi) is 8.03. The van der Waals surface area contributed by atoms with Gasteiger partial charge in [-0.05, 0) is 54.5 Å². The van der Waals surface area contributed by atoms with Crippen LogP contribution in [0.5, 0.6) is 0 Å². The molecule has 2 aromatic rings. The topological polar surface area (TPSA) is 53.1 Å². The molecule has 0 spiro atoms. The van der Waals surface area contributed by atoms with Crippen LogP contribution in [0.2, 0.25) is 0 Å². The zero-order valence-corrected chi connectivity index (χ0v) is 19.2. The number of rotatable bonds is 8. The number of benzene rings is 1. The first-order chi connectivity index (χ1) is 14.8. The average Bonchev–Trinajstić information content (AvgIpc) is 3.39. The smallest absolute Gasteiger partial charge is 0.320 e. The van der Waals surface area contributed by atoms with E-state index in [1.165, 1.54) is 17.0 Å². The summed E-state index contributed by atoms with van der Waals surface area (Å²) >= 11 is 1.60. The normalized spacial score (nSPS) is 15.7. The molecule has 6 nitrogen and oxygen atoms in total. The highest BCUT2D eigenvalue weighted by Crippen LogP contribution is 2.20. The van der Waals surface area contributed by atoms with Crippen LogP contribution in [0, 0.1) is 12.7 Å². The number of urea groups is 1. The fourth-order valence-corrected chi connectivity index (χ4v) is 4.49. The molecule has 31 heavy (non-hydrogen) atoms. The van der Waals surface area contributed by atoms with E-state index in [0.29, 0.717) is 26.2 Å². The zero-order chi connectivity index (χ0) is 22.4. The molecule has 0 saturated carbocycles. The van der Waals surface area contributed by atoms with Gasteiger partial charge in [0.25, 0.3) is 0 Å². The van der Waals surface area contributed by atoms with E-state index < -0.39 is 0 Å². The molecule has 1 aliphatic heterocycles. The summed E-state index contributed by atoms with van der Waals surface area (Å²) in [6.07, 6.45) is 1.82. The highest BCUT2D eigenvalue weighted by atomic mass is 32.1. The fourth-order valence-electron chi connectivity index (χ4n) is 3.57. The summed E-state index contributed by atoms with van der Waals surface area (Å²) in [6, 6.07) is 7.98. The summed E-state index contributed by atoms with van der Waals surface area (Å²) in [5, 5.41) is 2.00. The Morgan fingerprint density at radius 3 is 2.45 bits per heavy atom. The van der Waals surface area contributed by atoms with Crippen LogP contribution in [0.1, 0.15) is 28.8 Å². The first-order valence-electron chi connectivity index (χ1n) is 10.5. The van der Waals surface area contributed by atoms with Crippen LogP contribution in [-0.2, 0) is 22.6 Å². The summed E-state index contributed by atoms with van der Waals surface area (Å²) in [6.45, 7) is 3.88. The van der Waals surface area contributed by atoms with E-state index in [1.54, 1.807) is 47.4 Å². The minimum absolute atomic E-state index is 0.0253. The van der Waals surface area contributed by atoms with Crippen molar-refractivity contribution in [3.63, 3.8) is 0 Å². The number of amides is 3. The number of hydrogen-bond acceptors (Lipinski definition) is 4. The van der Waals surface area contributed by atoms with E-state index in [1.807, 2.05) is 18.4 Å². The third kappa shape index (κ3) is 6.51. The first-order valence-corrected chi connectivity index (χ1v) is 11.3. The van der Waals surface area contributed by atoms with Crippen molar-refractivity contribution in [1.82, 2.24) is 14.7 Å². The van der Waals surface area contributed by atoms with Gasteiger partial charge in [0, 0.05) is 38.7 Å². The highest BCUT2D eigenvalue weighted by molar-refractivity contribution is 7.10. The van der Waals surface area contributed by atoms with Crippen molar-refractivity contribution in [2.75, 3.05) is 33.8 Å². The number of hydrogen-bond donors (Lipinski definition) is 0. The van der Waals surface area contributed by atoms with E-state index >= 15 is 0 Å². The molecule has 1 unspecified atom stereocenters. The van der Waals surface area contributed by atoms with Gasteiger partial charge in [0.05, 0.1) is 12.6 Å². The third-order valence-electron chi connectivity index (χ3n) is 5.37. The minimum atomic E-state index is -0.310. The quantitative estimate of drug-likeness (QED) is 0.617. The molecule has 1 aliphatic rings. The standard InChI is InChI=1S/C23H30FN3O3S/c1-17-10-12-31-21(17)15-26(13-18-6-8-19(24)9-7-18)22(28)16-27(23(29)25(2)3)14-20-5-4-11-30-20/h6-10,12,20H,4-5,11,13-16H2,1-3H3. The maximum absolute atomic E-state index is 13.4. The lowest BCUT2D eigenvalue weighted by atomic mass is 10.2. The van der Waals surface area contributed by atoms with E-state index in [4.69, 9.17) is 4.74 Å². The maximum Gasteiger partial charge on any atom is 0.320 e. The lowest BCUT2D eigenvalue weighted by Crippen LogP contribution is -2.48. The molecule has 1 aromatic heterocycles. The molecular formula is C23H30FN3O3S. The summed E-state index contributed by atoms with van der Waals surface area (Å²) in [7, 11) is 3.36. The molecule has 3 rings (SSSR count). The van der Waals surface area contributed by atoms with Crippen molar-refractivity contribution in [2.45, 2.75) is 39.0 Å². The van der Waals surface area contributed by atoms with E-state index in [2.05, 4.69) is 0 Å². The minimum Gasteiger partial charge on any atom is -0.376 e. The van der Waals surface area contributed by atoms with Crippen LogP contribution >= 0.6 is 11.3 Å². The first kappa shape index (κ1) is 23.2. The third-order valence-corrected chi connectivity index (χ3v) is 6.38. The van der Waals surface area contributed by atoms with Crippen molar-refractivity contribution < 1.29 is 18.7 Å². The highest BCUT2D eigenvalue weighted by Gasteiger charge is 2.27. The molecule has 168 valence electrons. The fraction of sp³-hybridized carbons (Fsp3) is 0.478. The summed E-state index contributed by atoms with van der Waals surface area (Å²) < 4.78 is 19.0. The summed E-state index contributed by atoms with van der Waals surface area (Å²) in [4.78, 5) is 32.0. The lowest BCUT2D eigenvalue weighted by molar-refractivity contribution is -0.133. The molecule has 0 radical (unpaired) electrons. The number of carbonyl (C=O) groups excluding carboxylic acids is 2. The number of halogens is 1. The molecule has 0 N–H and O–H groups in total. The van der Waals surface area contributed by atoms with E-state index in [0.717, 1.165) is 28.8 Å². The van der Waals surface area contributed by atoms with Crippen molar-refractivity contribution in [2.24, 2.45) is 0 Å². The van der Waals surface area contributed by atoms with Crippen LogP contribution in [-0.4, -0.2) is 66.5 Å². The average molecular weight is 448 g/mol. The van der Waals surface area contributed by atoms with E-state index in [9.17, 15) is 14.0 Å². The zero-order valence-electron chi connectivity index (χ0n) is 18.3. The maximum atomic E-state index is 13.4. The number of thiophene rings is 1. The van der Waals surface area contributed by atoms with Gasteiger partial charge in [0.15, 0.2) is 0 Å². The number of nitrogens with zero attached hydrogens (tertiary/aromatic N) is 3. The molecule has 0 bridgehead atoms. The van der Waals surface area contributed by atoms with Crippen LogP contribution in [0.3, 0.4) is 0 Å². The predicted octanol–water partition coefficient (Wildman–Crippen LogP) is 3.89. The van der Waals surface area contributed by atoms with Crippen molar-refractivity contribution >= 4 is 23.3 Å². The summed E-state index contributed by atoms with van der Waals surface area (Å²) in [5.74, 6) is -0.458. The number of aryl methyl sites for hydroxylation is 1. The largest absolute Gasteiger partial charge is 0.376 e. The lowest BCUT2D eigenvalue weighted by Gasteiger charge is -2.30. The Labute approximate surface area is 187 Å². The molecule has 1 fully saturated rings. The van der Waals surface area contributed by atoms with Crippen LogP contribution in [0.25, 0.3) is 0 Å². The molecule has 8 heteroatoms. The van der Waals surface area contributed by atoms with Crippen LogP contribution in [0.15, 0.2) is 35.7 Å². The van der Waals surface area contributed by atoms with E-state index in [-0.39, 0.29) is 30.4 Å². The Balaban J connectivity index is 1.77. The van der Waals surface area contributed by atoms with Crippen molar-refractivity contribution in [3.8, 4) is 0 Å². The number of carbonyl (C=O) groups is 2. The van der Waals surface area contributed by atoms with Gasteiger partial charge in [-0.2, -0.15) is 0 Å². The van der Waals surface area contributed by atoms with Gasteiger partial charge in [-0.3, -0.25) is 4.79 Å². The Bertz CT molecular complexity index is 878. The van der Waals surface area contributed by atoms with Gasteiger partial charge >= 0.3 is 6.03 Å². The second-order valence-corrected chi connectivity index (χ2v) is 9.10. The monoisotopic (exact) mass is 447 g/mol. The molecule has 0 aliphatic carbocycles. The second-order valence-electron chi connectivity index (χ2n) is 8.10. The molecule has 1 aromatic carbocycles. The van der Waals surface area contributed by atoms with Crippen molar-refractivity contribution in [1.29, 1.82) is 0 Å². The van der Waals surface area contributed by atoms with Gasteiger partial charge in [-0.1, -0.05) is 12.1 Å². The van der Waals surface area contributed by atoms with Gasteiger partial charge in [-0.25, -0.2) is 9.18 Å². The van der Waals surface area contributed by atoms with Gasteiger partial charge in [0.2, 0.25) is 5.91 Å². The Morgan fingerprint density at radius 1 is 1.13 bits per heavy atom. The molecule has 3 amide bonds. The Morgan fingerprint density at radius 2 is 1.87 bits per heavy atom.